The van der Waals surface area contributed by atoms with Crippen LogP contribution in [0.4, 0.5) is 0 Å². The summed E-state index contributed by atoms with van der Waals surface area (Å²) < 4.78 is 0. The molecule has 0 radical (unpaired) electrons. The highest BCUT2D eigenvalue weighted by Gasteiger charge is 2.26. The summed E-state index contributed by atoms with van der Waals surface area (Å²) >= 11 is 0. The average molecular weight is 250 g/mol. The number of rotatable bonds is 5. The van der Waals surface area contributed by atoms with Crippen molar-refractivity contribution in [3.8, 4) is 0 Å². The van der Waals surface area contributed by atoms with E-state index in [4.69, 9.17) is 0 Å². The zero-order valence-electron chi connectivity index (χ0n) is 11.5. The Labute approximate surface area is 111 Å². The van der Waals surface area contributed by atoms with Gasteiger partial charge >= 0.3 is 0 Å². The second-order valence-electron chi connectivity index (χ2n) is 5.54. The van der Waals surface area contributed by atoms with E-state index >= 15 is 0 Å². The predicted molar refractivity (Wildman–Crippen MR) is 74.4 cm³/mol. The van der Waals surface area contributed by atoms with Crippen LogP contribution in [0.25, 0.3) is 0 Å². The van der Waals surface area contributed by atoms with E-state index in [2.05, 4.69) is 29.3 Å². The molecule has 1 N–H and O–H groups in total. The molecule has 1 amide bonds. The van der Waals surface area contributed by atoms with Crippen molar-refractivity contribution in [2.45, 2.75) is 51.5 Å². The summed E-state index contributed by atoms with van der Waals surface area (Å²) in [4.78, 5) is 14.6. The molecule has 0 aromatic rings. The van der Waals surface area contributed by atoms with E-state index in [1.807, 2.05) is 0 Å². The van der Waals surface area contributed by atoms with Crippen LogP contribution in [0.15, 0.2) is 12.2 Å². The summed E-state index contributed by atoms with van der Waals surface area (Å²) in [5.41, 5.74) is 0. The minimum Gasteiger partial charge on any atom is -0.340 e. The van der Waals surface area contributed by atoms with Crippen molar-refractivity contribution in [2.24, 2.45) is 5.92 Å². The Kier molecular flexibility index (Phi) is 5.24. The Bertz CT molecular complexity index is 295. The molecule has 1 saturated heterocycles. The minimum absolute atomic E-state index is 0.375. The zero-order chi connectivity index (χ0) is 12.8. The molecule has 3 nitrogen and oxygen atoms in total. The maximum absolute atomic E-state index is 12.5. The Morgan fingerprint density at radius 1 is 1.33 bits per heavy atom. The molecule has 1 unspecified atom stereocenters. The van der Waals surface area contributed by atoms with Crippen LogP contribution in [0, 0.1) is 5.92 Å². The number of carbonyl (C=O) groups excluding carboxylic acids is 1. The number of carbonyl (C=O) groups is 1. The number of amides is 1. The van der Waals surface area contributed by atoms with Gasteiger partial charge in [0.15, 0.2) is 0 Å². The highest BCUT2D eigenvalue weighted by atomic mass is 16.2. The minimum atomic E-state index is 0.375. The van der Waals surface area contributed by atoms with Crippen molar-refractivity contribution in [3.63, 3.8) is 0 Å². The molecule has 2 aliphatic rings. The molecule has 2 rings (SSSR count). The van der Waals surface area contributed by atoms with Crippen LogP contribution in [0.3, 0.4) is 0 Å². The Morgan fingerprint density at radius 2 is 2.11 bits per heavy atom. The van der Waals surface area contributed by atoms with Gasteiger partial charge in [-0.3, -0.25) is 4.79 Å². The lowest BCUT2D eigenvalue weighted by Crippen LogP contribution is -2.46. The van der Waals surface area contributed by atoms with Gasteiger partial charge in [0, 0.05) is 19.0 Å². The SMILES string of the molecule is CCCN(C(=O)CC1C=CCC1)C1CCNCC1. The van der Waals surface area contributed by atoms with Gasteiger partial charge in [-0.15, -0.1) is 0 Å². The number of hydrogen-bond acceptors (Lipinski definition) is 2. The highest BCUT2D eigenvalue weighted by molar-refractivity contribution is 5.77. The molecule has 0 aromatic heterocycles. The zero-order valence-corrected chi connectivity index (χ0v) is 11.5. The van der Waals surface area contributed by atoms with Gasteiger partial charge in [-0.05, 0) is 51.1 Å². The first kappa shape index (κ1) is 13.6. The molecule has 0 bridgehead atoms. The monoisotopic (exact) mass is 250 g/mol. The first-order valence-corrected chi connectivity index (χ1v) is 7.48. The molecule has 1 aliphatic carbocycles. The smallest absolute Gasteiger partial charge is 0.223 e. The third kappa shape index (κ3) is 3.58. The summed E-state index contributed by atoms with van der Waals surface area (Å²) in [6.07, 6.45) is 10.8. The van der Waals surface area contributed by atoms with Crippen molar-refractivity contribution in [3.05, 3.63) is 12.2 Å². The van der Waals surface area contributed by atoms with E-state index in [0.717, 1.165) is 58.2 Å². The van der Waals surface area contributed by atoms with Crippen molar-refractivity contribution < 1.29 is 4.79 Å². The van der Waals surface area contributed by atoms with Gasteiger partial charge < -0.3 is 10.2 Å². The van der Waals surface area contributed by atoms with Crippen LogP contribution in [-0.4, -0.2) is 36.5 Å². The van der Waals surface area contributed by atoms with Crippen LogP contribution in [0.1, 0.15) is 45.4 Å². The Morgan fingerprint density at radius 3 is 2.72 bits per heavy atom. The molecular weight excluding hydrogens is 224 g/mol. The number of hydrogen-bond donors (Lipinski definition) is 1. The number of allylic oxidation sites excluding steroid dienone is 2. The van der Waals surface area contributed by atoms with Crippen LogP contribution < -0.4 is 5.32 Å². The van der Waals surface area contributed by atoms with Crippen LogP contribution in [0.2, 0.25) is 0 Å². The largest absolute Gasteiger partial charge is 0.340 e. The van der Waals surface area contributed by atoms with E-state index < -0.39 is 0 Å². The standard InChI is InChI=1S/C15H26N2O/c1-2-11-17(14-7-9-16-10-8-14)15(18)12-13-5-3-4-6-13/h3,5,13-14,16H,2,4,6-12H2,1H3. The molecule has 0 spiro atoms. The molecule has 3 heteroatoms. The van der Waals surface area contributed by atoms with Gasteiger partial charge in [-0.25, -0.2) is 0 Å². The van der Waals surface area contributed by atoms with Crippen molar-refractivity contribution in [2.75, 3.05) is 19.6 Å². The number of piperidine rings is 1. The lowest BCUT2D eigenvalue weighted by molar-refractivity contribution is -0.134. The summed E-state index contributed by atoms with van der Waals surface area (Å²) in [7, 11) is 0. The third-order valence-electron chi connectivity index (χ3n) is 4.08. The summed E-state index contributed by atoms with van der Waals surface area (Å²) in [6, 6.07) is 0.476. The molecule has 1 aliphatic heterocycles. The fourth-order valence-electron chi connectivity index (χ4n) is 3.08. The van der Waals surface area contributed by atoms with Gasteiger partial charge in [0.05, 0.1) is 0 Å². The molecule has 0 aromatic carbocycles. The van der Waals surface area contributed by atoms with Crippen LogP contribution >= 0.6 is 0 Å². The highest BCUT2D eigenvalue weighted by Crippen LogP contribution is 2.23. The molecular formula is C15H26N2O. The average Bonchev–Trinajstić information content (AvgIpc) is 2.89. The summed E-state index contributed by atoms with van der Waals surface area (Å²) in [5, 5.41) is 3.37. The van der Waals surface area contributed by atoms with Gasteiger partial charge in [-0.2, -0.15) is 0 Å². The third-order valence-corrected chi connectivity index (χ3v) is 4.08. The van der Waals surface area contributed by atoms with Crippen LogP contribution in [-0.2, 0) is 4.79 Å². The lowest BCUT2D eigenvalue weighted by Gasteiger charge is -2.35. The van der Waals surface area contributed by atoms with Gasteiger partial charge in [0.25, 0.3) is 0 Å². The van der Waals surface area contributed by atoms with Gasteiger partial charge in [-0.1, -0.05) is 19.1 Å². The quantitative estimate of drug-likeness (QED) is 0.760. The van der Waals surface area contributed by atoms with Gasteiger partial charge in [0.2, 0.25) is 5.91 Å². The summed E-state index contributed by atoms with van der Waals surface area (Å²) in [6.45, 7) is 5.21. The second-order valence-corrected chi connectivity index (χ2v) is 5.54. The first-order valence-electron chi connectivity index (χ1n) is 7.48. The number of nitrogens with one attached hydrogen (secondary N) is 1. The van der Waals surface area contributed by atoms with Crippen LogP contribution in [0.5, 0.6) is 0 Å². The van der Waals surface area contributed by atoms with Crippen molar-refractivity contribution >= 4 is 5.91 Å². The Balaban J connectivity index is 1.90. The molecule has 1 heterocycles. The molecule has 1 fully saturated rings. The second kappa shape index (κ2) is 6.93. The molecule has 0 saturated carbocycles. The topological polar surface area (TPSA) is 32.3 Å². The van der Waals surface area contributed by atoms with E-state index in [1.165, 1.54) is 0 Å². The maximum Gasteiger partial charge on any atom is 0.223 e. The maximum atomic E-state index is 12.5. The Hall–Kier alpha value is -0.830. The first-order chi connectivity index (χ1) is 8.81. The van der Waals surface area contributed by atoms with Crippen molar-refractivity contribution in [1.29, 1.82) is 0 Å². The molecule has 1 atom stereocenters. The van der Waals surface area contributed by atoms with E-state index in [-0.39, 0.29) is 0 Å². The van der Waals surface area contributed by atoms with E-state index in [0.29, 0.717) is 17.9 Å². The number of nitrogens with zero attached hydrogens (tertiary/aromatic N) is 1. The lowest BCUT2D eigenvalue weighted by atomic mass is 10.0. The van der Waals surface area contributed by atoms with Gasteiger partial charge in [0.1, 0.15) is 0 Å². The fraction of sp³-hybridized carbons (Fsp3) is 0.800. The molecule has 102 valence electrons. The summed E-state index contributed by atoms with van der Waals surface area (Å²) in [5.74, 6) is 0.874. The normalized spacial score (nSPS) is 24.4. The van der Waals surface area contributed by atoms with E-state index in [1.54, 1.807) is 0 Å². The predicted octanol–water partition coefficient (Wildman–Crippen LogP) is 2.33. The molecule has 18 heavy (non-hydrogen) atoms. The fourth-order valence-corrected chi connectivity index (χ4v) is 3.08. The van der Waals surface area contributed by atoms with E-state index in [9.17, 15) is 4.79 Å². The van der Waals surface area contributed by atoms with Crippen molar-refractivity contribution in [1.82, 2.24) is 10.2 Å².